The Labute approximate surface area is 95.0 Å². The van der Waals surface area contributed by atoms with Crippen molar-refractivity contribution in [1.82, 2.24) is 5.32 Å². The zero-order valence-electron chi connectivity index (χ0n) is 10.0. The van der Waals surface area contributed by atoms with Crippen LogP contribution < -0.4 is 10.6 Å². The van der Waals surface area contributed by atoms with E-state index in [2.05, 4.69) is 10.6 Å². The van der Waals surface area contributed by atoms with E-state index in [0.29, 0.717) is 5.56 Å². The number of benzene rings is 1. The summed E-state index contributed by atoms with van der Waals surface area (Å²) in [6.45, 7) is 7.33. The molecule has 1 aromatic carbocycles. The highest BCUT2D eigenvalue weighted by molar-refractivity contribution is 5.90. The van der Waals surface area contributed by atoms with E-state index in [4.69, 9.17) is 0 Å². The van der Waals surface area contributed by atoms with Gasteiger partial charge in [-0.1, -0.05) is 12.1 Å². The number of nitrogens with one attached hydrogen (secondary N) is 2. The molecule has 1 aromatic rings. The van der Waals surface area contributed by atoms with E-state index in [1.54, 1.807) is 19.1 Å². The van der Waals surface area contributed by atoms with E-state index in [-0.39, 0.29) is 11.2 Å². The molecule has 0 aliphatic heterocycles. The van der Waals surface area contributed by atoms with Gasteiger partial charge in [0.2, 0.25) is 0 Å². The van der Waals surface area contributed by atoms with E-state index in [9.17, 15) is 9.18 Å². The minimum atomic E-state index is -0.427. The van der Waals surface area contributed by atoms with Crippen LogP contribution in [0.2, 0.25) is 0 Å². The van der Waals surface area contributed by atoms with Crippen molar-refractivity contribution >= 4 is 11.7 Å². The molecule has 0 bridgehead atoms. The Balaban J connectivity index is 2.78. The molecule has 2 N–H and O–H groups in total. The fourth-order valence-electron chi connectivity index (χ4n) is 1.28. The van der Waals surface area contributed by atoms with Gasteiger partial charge in [0.25, 0.3) is 0 Å². The third-order valence-electron chi connectivity index (χ3n) is 1.95. The van der Waals surface area contributed by atoms with Crippen molar-refractivity contribution in [1.29, 1.82) is 0 Å². The highest BCUT2D eigenvalue weighted by Crippen LogP contribution is 2.18. The number of hydrogen-bond acceptors (Lipinski definition) is 1. The molecular weight excluding hydrogens is 207 g/mol. The van der Waals surface area contributed by atoms with Crippen molar-refractivity contribution < 1.29 is 9.18 Å². The lowest BCUT2D eigenvalue weighted by atomic mass is 10.1. The second kappa shape index (κ2) is 4.51. The predicted molar refractivity (Wildman–Crippen MR) is 63.0 cm³/mol. The van der Waals surface area contributed by atoms with Crippen molar-refractivity contribution in [3.05, 3.63) is 29.6 Å². The van der Waals surface area contributed by atoms with Gasteiger partial charge in [0.05, 0.1) is 5.69 Å². The number of carbonyl (C=O) groups excluding carboxylic acids is 1. The molecule has 16 heavy (non-hydrogen) atoms. The molecule has 0 aromatic heterocycles. The number of urea groups is 1. The quantitative estimate of drug-likeness (QED) is 0.756. The number of rotatable bonds is 1. The maximum absolute atomic E-state index is 13.4. The van der Waals surface area contributed by atoms with Gasteiger partial charge in [-0.3, -0.25) is 0 Å². The molecule has 0 aliphatic rings. The average molecular weight is 224 g/mol. The Bertz CT molecular complexity index is 376. The maximum Gasteiger partial charge on any atom is 0.319 e. The summed E-state index contributed by atoms with van der Waals surface area (Å²) in [5.41, 5.74) is 0.580. The molecule has 3 nitrogen and oxygen atoms in total. The molecule has 0 saturated carbocycles. The lowest BCUT2D eigenvalue weighted by Gasteiger charge is -2.21. The first-order valence-electron chi connectivity index (χ1n) is 5.14. The van der Waals surface area contributed by atoms with Crippen LogP contribution in [0.5, 0.6) is 0 Å². The summed E-state index contributed by atoms with van der Waals surface area (Å²) in [5, 5.41) is 5.22. The first-order valence-corrected chi connectivity index (χ1v) is 5.14. The lowest BCUT2D eigenvalue weighted by molar-refractivity contribution is 0.243. The first-order chi connectivity index (χ1) is 7.29. The summed E-state index contributed by atoms with van der Waals surface area (Å²) in [4.78, 5) is 11.5. The summed E-state index contributed by atoms with van der Waals surface area (Å²) < 4.78 is 13.4. The Morgan fingerprint density at radius 1 is 1.31 bits per heavy atom. The molecular formula is C12H17FN2O. The molecule has 0 atom stereocenters. The summed E-state index contributed by atoms with van der Waals surface area (Å²) in [5.74, 6) is -0.427. The van der Waals surface area contributed by atoms with E-state index in [1.807, 2.05) is 20.8 Å². The predicted octanol–water partition coefficient (Wildman–Crippen LogP) is 3.05. The molecule has 1 rings (SSSR count). The van der Waals surface area contributed by atoms with Gasteiger partial charge in [0.15, 0.2) is 0 Å². The molecule has 0 unspecified atom stereocenters. The molecule has 0 saturated heterocycles. The summed E-state index contributed by atoms with van der Waals surface area (Å²) in [6, 6.07) is 4.27. The van der Waals surface area contributed by atoms with Crippen molar-refractivity contribution in [2.45, 2.75) is 33.2 Å². The van der Waals surface area contributed by atoms with Crippen molar-refractivity contribution in [3.8, 4) is 0 Å². The van der Waals surface area contributed by atoms with Crippen LogP contribution in [0.1, 0.15) is 26.3 Å². The van der Waals surface area contributed by atoms with Crippen LogP contribution >= 0.6 is 0 Å². The second-order valence-corrected chi connectivity index (χ2v) is 4.76. The standard InChI is InChI=1S/C12H17FN2O/c1-8-6-5-7-9(13)10(8)14-11(16)15-12(2,3)4/h5-7H,1-4H3,(H2,14,15,16). The van der Waals surface area contributed by atoms with Crippen molar-refractivity contribution in [3.63, 3.8) is 0 Å². The normalized spacial score (nSPS) is 11.1. The third-order valence-corrected chi connectivity index (χ3v) is 1.95. The van der Waals surface area contributed by atoms with Gasteiger partial charge in [-0.25, -0.2) is 9.18 Å². The molecule has 0 aliphatic carbocycles. The SMILES string of the molecule is Cc1cccc(F)c1NC(=O)NC(C)(C)C. The number of aryl methyl sites for hydroxylation is 1. The van der Waals surface area contributed by atoms with E-state index >= 15 is 0 Å². The fraction of sp³-hybridized carbons (Fsp3) is 0.417. The van der Waals surface area contributed by atoms with Crippen LogP contribution in [0.3, 0.4) is 0 Å². The van der Waals surface area contributed by atoms with Gasteiger partial charge < -0.3 is 10.6 Å². The van der Waals surface area contributed by atoms with E-state index < -0.39 is 11.8 Å². The Morgan fingerprint density at radius 2 is 1.94 bits per heavy atom. The number of carbonyl (C=O) groups is 1. The number of anilines is 1. The Hall–Kier alpha value is -1.58. The molecule has 0 heterocycles. The number of hydrogen-bond donors (Lipinski definition) is 2. The molecule has 4 heteroatoms. The summed E-state index contributed by atoms with van der Waals surface area (Å²) in [6.07, 6.45) is 0. The zero-order chi connectivity index (χ0) is 12.3. The third kappa shape index (κ3) is 3.53. The van der Waals surface area contributed by atoms with Gasteiger partial charge >= 0.3 is 6.03 Å². The number of para-hydroxylation sites is 1. The Kier molecular flexibility index (Phi) is 3.52. The summed E-state index contributed by atoms with van der Waals surface area (Å²) >= 11 is 0. The second-order valence-electron chi connectivity index (χ2n) is 4.76. The molecule has 0 radical (unpaired) electrons. The molecule has 88 valence electrons. The van der Waals surface area contributed by atoms with Crippen LogP contribution in [0.25, 0.3) is 0 Å². The highest BCUT2D eigenvalue weighted by Gasteiger charge is 2.15. The van der Waals surface area contributed by atoms with E-state index in [1.165, 1.54) is 6.07 Å². The van der Waals surface area contributed by atoms with Crippen LogP contribution in [0.4, 0.5) is 14.9 Å². The number of halogens is 1. The van der Waals surface area contributed by atoms with Crippen molar-refractivity contribution in [2.24, 2.45) is 0 Å². The van der Waals surface area contributed by atoms with E-state index in [0.717, 1.165) is 0 Å². The van der Waals surface area contributed by atoms with Gasteiger partial charge in [-0.2, -0.15) is 0 Å². The van der Waals surface area contributed by atoms with Crippen LogP contribution in [0.15, 0.2) is 18.2 Å². The number of amides is 2. The zero-order valence-corrected chi connectivity index (χ0v) is 10.0. The first kappa shape index (κ1) is 12.5. The van der Waals surface area contributed by atoms with Gasteiger partial charge in [0, 0.05) is 5.54 Å². The monoisotopic (exact) mass is 224 g/mol. The maximum atomic E-state index is 13.4. The van der Waals surface area contributed by atoms with Crippen LogP contribution in [-0.2, 0) is 0 Å². The molecule has 0 spiro atoms. The van der Waals surface area contributed by atoms with Crippen LogP contribution in [-0.4, -0.2) is 11.6 Å². The Morgan fingerprint density at radius 3 is 2.44 bits per heavy atom. The van der Waals surface area contributed by atoms with Gasteiger partial charge in [-0.15, -0.1) is 0 Å². The van der Waals surface area contributed by atoms with Crippen molar-refractivity contribution in [2.75, 3.05) is 5.32 Å². The highest BCUT2D eigenvalue weighted by atomic mass is 19.1. The largest absolute Gasteiger partial charge is 0.333 e. The van der Waals surface area contributed by atoms with Gasteiger partial charge in [-0.05, 0) is 39.3 Å². The summed E-state index contributed by atoms with van der Waals surface area (Å²) in [7, 11) is 0. The topological polar surface area (TPSA) is 41.1 Å². The minimum Gasteiger partial charge on any atom is -0.333 e. The molecule has 2 amide bonds. The van der Waals surface area contributed by atoms with Crippen LogP contribution in [0, 0.1) is 12.7 Å². The smallest absolute Gasteiger partial charge is 0.319 e. The lowest BCUT2D eigenvalue weighted by Crippen LogP contribution is -2.43. The molecule has 0 fully saturated rings. The fourth-order valence-corrected chi connectivity index (χ4v) is 1.28. The minimum absolute atomic E-state index is 0.226. The average Bonchev–Trinajstić information content (AvgIpc) is 2.08. The van der Waals surface area contributed by atoms with Gasteiger partial charge in [0.1, 0.15) is 5.82 Å².